The van der Waals surface area contributed by atoms with E-state index in [0.717, 1.165) is 25.0 Å². The molecule has 0 N–H and O–H groups in total. The van der Waals surface area contributed by atoms with Crippen molar-refractivity contribution in [2.75, 3.05) is 25.0 Å². The van der Waals surface area contributed by atoms with Crippen LogP contribution in [0.1, 0.15) is 12.8 Å². The fraction of sp³-hybridized carbons (Fsp3) is 0.900. The summed E-state index contributed by atoms with van der Waals surface area (Å²) < 4.78 is 5.83. The first kappa shape index (κ1) is 10.4. The molecule has 3 rings (SSSR count). The van der Waals surface area contributed by atoms with E-state index in [2.05, 4.69) is 25.8 Å². The minimum atomic E-state index is 0.468. The topological polar surface area (TPSA) is 24.8 Å². The van der Waals surface area contributed by atoms with Gasteiger partial charge in [0, 0.05) is 23.7 Å². The Morgan fingerprint density at radius 3 is 2.73 bits per heavy atom. The second-order valence-electron chi connectivity index (χ2n) is 4.38. The second kappa shape index (κ2) is 4.26. The Bertz CT molecular complexity index is 275. The Labute approximate surface area is 103 Å². The maximum absolute atomic E-state index is 5.83. The SMILES string of the molecule is BrCC1CN=C(N2CC3CCC(C2)O3)S1. The van der Waals surface area contributed by atoms with Crippen molar-refractivity contribution in [2.24, 2.45) is 4.99 Å². The van der Waals surface area contributed by atoms with Gasteiger partial charge in [0.1, 0.15) is 0 Å². The van der Waals surface area contributed by atoms with E-state index in [1.165, 1.54) is 18.0 Å². The lowest BCUT2D eigenvalue weighted by Gasteiger charge is -2.33. The standard InChI is InChI=1S/C10H15BrN2OS/c11-3-9-4-12-10(15-9)13-5-7-1-2-8(6-13)14-7/h7-9H,1-6H2. The van der Waals surface area contributed by atoms with Gasteiger partial charge in [0.05, 0.1) is 18.8 Å². The van der Waals surface area contributed by atoms with Crippen LogP contribution in [0.3, 0.4) is 0 Å². The molecule has 3 heterocycles. The highest BCUT2D eigenvalue weighted by atomic mass is 79.9. The summed E-state index contributed by atoms with van der Waals surface area (Å²) in [6, 6.07) is 0. The lowest BCUT2D eigenvalue weighted by Crippen LogP contribution is -2.44. The molecule has 0 saturated carbocycles. The number of amidine groups is 1. The smallest absolute Gasteiger partial charge is 0.159 e. The number of likely N-dealkylation sites (tertiary alicyclic amines) is 1. The summed E-state index contributed by atoms with van der Waals surface area (Å²) >= 11 is 5.45. The molecule has 0 spiro atoms. The summed E-state index contributed by atoms with van der Waals surface area (Å²) in [6.45, 7) is 3.08. The third-order valence-electron chi connectivity index (χ3n) is 3.19. The maximum atomic E-state index is 5.83. The van der Waals surface area contributed by atoms with Crippen LogP contribution in [-0.4, -0.2) is 52.5 Å². The van der Waals surface area contributed by atoms with Crippen LogP contribution in [0.15, 0.2) is 4.99 Å². The number of hydrogen-bond donors (Lipinski definition) is 0. The van der Waals surface area contributed by atoms with Crippen molar-refractivity contribution in [3.63, 3.8) is 0 Å². The molecule has 0 radical (unpaired) electrons. The summed E-state index contributed by atoms with van der Waals surface area (Å²) in [5.41, 5.74) is 0. The third kappa shape index (κ3) is 2.06. The fourth-order valence-electron chi connectivity index (χ4n) is 2.43. The number of halogens is 1. The highest BCUT2D eigenvalue weighted by molar-refractivity contribution is 9.09. The van der Waals surface area contributed by atoms with Crippen molar-refractivity contribution in [1.29, 1.82) is 0 Å². The maximum Gasteiger partial charge on any atom is 0.159 e. The molecule has 2 saturated heterocycles. The molecule has 0 aliphatic carbocycles. The Hall–Kier alpha value is 0.260. The number of ether oxygens (including phenoxy) is 1. The van der Waals surface area contributed by atoms with Crippen LogP contribution in [0.2, 0.25) is 0 Å². The summed E-state index contributed by atoms with van der Waals surface area (Å²) in [5.74, 6) is 0. The highest BCUT2D eigenvalue weighted by Crippen LogP contribution is 2.31. The van der Waals surface area contributed by atoms with E-state index < -0.39 is 0 Å². The van der Waals surface area contributed by atoms with E-state index in [0.29, 0.717) is 17.5 Å². The second-order valence-corrected chi connectivity index (χ2v) is 6.29. The van der Waals surface area contributed by atoms with Gasteiger partial charge in [-0.05, 0) is 12.8 Å². The summed E-state index contributed by atoms with van der Waals surface area (Å²) in [4.78, 5) is 7.06. The van der Waals surface area contributed by atoms with Gasteiger partial charge in [0.2, 0.25) is 0 Å². The number of fused-ring (bicyclic) bond motifs is 2. The van der Waals surface area contributed by atoms with E-state index >= 15 is 0 Å². The Morgan fingerprint density at radius 1 is 1.40 bits per heavy atom. The molecular formula is C10H15BrN2OS. The van der Waals surface area contributed by atoms with Crippen LogP contribution in [0, 0.1) is 0 Å². The van der Waals surface area contributed by atoms with Crippen LogP contribution >= 0.6 is 27.7 Å². The van der Waals surface area contributed by atoms with Gasteiger partial charge < -0.3 is 9.64 Å². The normalized spacial score (nSPS) is 39.7. The van der Waals surface area contributed by atoms with E-state index in [1.807, 2.05) is 11.8 Å². The summed E-state index contributed by atoms with van der Waals surface area (Å²) in [7, 11) is 0. The molecule has 0 aromatic rings. The largest absolute Gasteiger partial charge is 0.371 e. The highest BCUT2D eigenvalue weighted by Gasteiger charge is 2.36. The zero-order valence-electron chi connectivity index (χ0n) is 8.56. The number of morpholine rings is 1. The van der Waals surface area contributed by atoms with Gasteiger partial charge in [-0.1, -0.05) is 27.7 Å². The van der Waals surface area contributed by atoms with E-state index in [-0.39, 0.29) is 0 Å². The molecule has 3 aliphatic rings. The van der Waals surface area contributed by atoms with Crippen molar-refractivity contribution in [3.8, 4) is 0 Å². The number of alkyl halides is 1. The van der Waals surface area contributed by atoms with Crippen molar-refractivity contribution >= 4 is 32.9 Å². The van der Waals surface area contributed by atoms with Crippen molar-refractivity contribution in [2.45, 2.75) is 30.3 Å². The van der Waals surface area contributed by atoms with Gasteiger partial charge in [0.15, 0.2) is 5.17 Å². The molecule has 2 bridgehead atoms. The fourth-order valence-corrected chi connectivity index (χ4v) is 3.99. The molecule has 5 heteroatoms. The average molecular weight is 291 g/mol. The zero-order valence-corrected chi connectivity index (χ0v) is 11.0. The molecule has 3 aliphatic heterocycles. The lowest BCUT2D eigenvalue weighted by atomic mass is 10.2. The minimum Gasteiger partial charge on any atom is -0.371 e. The van der Waals surface area contributed by atoms with Crippen LogP contribution in [0.5, 0.6) is 0 Å². The Morgan fingerprint density at radius 2 is 2.13 bits per heavy atom. The molecular weight excluding hydrogens is 276 g/mol. The zero-order chi connectivity index (χ0) is 10.3. The van der Waals surface area contributed by atoms with E-state index in [9.17, 15) is 0 Å². The Balaban J connectivity index is 1.64. The van der Waals surface area contributed by atoms with E-state index in [4.69, 9.17) is 4.74 Å². The minimum absolute atomic E-state index is 0.468. The number of hydrogen-bond acceptors (Lipinski definition) is 4. The predicted octanol–water partition coefficient (Wildman–Crippen LogP) is 1.72. The molecule has 15 heavy (non-hydrogen) atoms. The average Bonchev–Trinajstić information content (AvgIpc) is 2.85. The van der Waals surface area contributed by atoms with Crippen LogP contribution in [-0.2, 0) is 4.74 Å². The lowest BCUT2D eigenvalue weighted by molar-refractivity contribution is -0.0147. The molecule has 0 amide bonds. The monoisotopic (exact) mass is 290 g/mol. The van der Waals surface area contributed by atoms with Crippen molar-refractivity contribution < 1.29 is 4.74 Å². The number of nitrogens with zero attached hydrogens (tertiary/aromatic N) is 2. The van der Waals surface area contributed by atoms with Gasteiger partial charge in [-0.3, -0.25) is 4.99 Å². The van der Waals surface area contributed by atoms with Gasteiger partial charge in [-0.25, -0.2) is 0 Å². The Kier molecular flexibility index (Phi) is 2.96. The number of aliphatic imine (C=N–C) groups is 1. The molecule has 0 aromatic carbocycles. The van der Waals surface area contributed by atoms with Crippen molar-refractivity contribution in [3.05, 3.63) is 0 Å². The molecule has 3 unspecified atom stereocenters. The third-order valence-corrected chi connectivity index (χ3v) is 5.65. The number of thioether (sulfide) groups is 1. The molecule has 84 valence electrons. The van der Waals surface area contributed by atoms with Gasteiger partial charge in [0.25, 0.3) is 0 Å². The van der Waals surface area contributed by atoms with Crippen molar-refractivity contribution in [1.82, 2.24) is 4.90 Å². The summed E-state index contributed by atoms with van der Waals surface area (Å²) in [6.07, 6.45) is 3.41. The quantitative estimate of drug-likeness (QED) is 0.688. The van der Waals surface area contributed by atoms with Gasteiger partial charge >= 0.3 is 0 Å². The predicted molar refractivity (Wildman–Crippen MR) is 66.9 cm³/mol. The molecule has 0 aromatic heterocycles. The van der Waals surface area contributed by atoms with Crippen LogP contribution < -0.4 is 0 Å². The van der Waals surface area contributed by atoms with Gasteiger partial charge in [-0.15, -0.1) is 0 Å². The first-order valence-electron chi connectivity index (χ1n) is 5.52. The van der Waals surface area contributed by atoms with Gasteiger partial charge in [-0.2, -0.15) is 0 Å². The molecule has 2 fully saturated rings. The first-order chi connectivity index (χ1) is 7.35. The number of rotatable bonds is 1. The van der Waals surface area contributed by atoms with Crippen LogP contribution in [0.25, 0.3) is 0 Å². The first-order valence-corrected chi connectivity index (χ1v) is 7.53. The van der Waals surface area contributed by atoms with E-state index in [1.54, 1.807) is 0 Å². The summed E-state index contributed by atoms with van der Waals surface area (Å²) in [5, 5.41) is 2.93. The molecule has 3 nitrogen and oxygen atoms in total. The van der Waals surface area contributed by atoms with Crippen LogP contribution in [0.4, 0.5) is 0 Å². The molecule has 3 atom stereocenters.